The first-order valence-electron chi connectivity index (χ1n) is 7.73. The van der Waals surface area contributed by atoms with Crippen LogP contribution in [0, 0.1) is 11.3 Å². The van der Waals surface area contributed by atoms with Crippen molar-refractivity contribution in [1.29, 1.82) is 5.26 Å². The average molecular weight is 331 g/mol. The van der Waals surface area contributed by atoms with Gasteiger partial charge in [-0.15, -0.1) is 0 Å². The number of phenols is 1. The molecule has 0 bridgehead atoms. The fraction of sp³-hybridized carbons (Fsp3) is 0.0952. The van der Waals surface area contributed by atoms with Gasteiger partial charge in [-0.05, 0) is 42.0 Å². The van der Waals surface area contributed by atoms with Crippen LogP contribution >= 0.6 is 0 Å². The molecule has 0 atom stereocenters. The van der Waals surface area contributed by atoms with E-state index in [0.717, 1.165) is 21.9 Å². The van der Waals surface area contributed by atoms with Crippen LogP contribution in [0.15, 0.2) is 54.6 Å². The second-order valence-corrected chi connectivity index (χ2v) is 5.46. The number of hydrogen-bond donors (Lipinski definition) is 1. The number of fused-ring (bicyclic) bond motifs is 1. The minimum absolute atomic E-state index is 0.158. The van der Waals surface area contributed by atoms with E-state index < -0.39 is 0 Å². The molecule has 0 aromatic heterocycles. The van der Waals surface area contributed by atoms with E-state index in [-0.39, 0.29) is 5.75 Å². The van der Waals surface area contributed by atoms with E-state index in [1.165, 1.54) is 0 Å². The maximum atomic E-state index is 9.56. The van der Waals surface area contributed by atoms with Crippen molar-refractivity contribution in [3.05, 3.63) is 65.7 Å². The predicted molar refractivity (Wildman–Crippen MR) is 98.6 cm³/mol. The van der Waals surface area contributed by atoms with Crippen LogP contribution in [0.2, 0.25) is 0 Å². The van der Waals surface area contributed by atoms with E-state index in [2.05, 4.69) is 6.07 Å². The summed E-state index contributed by atoms with van der Waals surface area (Å²) in [6.45, 7) is 0. The minimum Gasteiger partial charge on any atom is -0.508 e. The lowest BCUT2D eigenvalue weighted by Gasteiger charge is -2.13. The third-order valence-corrected chi connectivity index (χ3v) is 4.01. The molecule has 0 saturated heterocycles. The molecule has 0 fully saturated rings. The highest BCUT2D eigenvalue weighted by Gasteiger charge is 2.13. The van der Waals surface area contributed by atoms with E-state index in [4.69, 9.17) is 9.47 Å². The number of allylic oxidation sites excluding steroid dienone is 1. The zero-order chi connectivity index (χ0) is 17.8. The topological polar surface area (TPSA) is 62.5 Å². The molecule has 0 spiro atoms. The Balaban J connectivity index is 2.23. The first-order valence-corrected chi connectivity index (χ1v) is 7.73. The maximum absolute atomic E-state index is 9.56. The zero-order valence-electron chi connectivity index (χ0n) is 14.0. The van der Waals surface area contributed by atoms with Gasteiger partial charge >= 0.3 is 0 Å². The molecule has 0 aliphatic heterocycles. The molecule has 0 unspecified atom stereocenters. The molecular weight excluding hydrogens is 314 g/mol. The standard InChI is InChI=1S/C21H17NO3/c1-24-20-12-15(21(25-2)19-6-4-3-5-18(19)20)11-16(13-22)14-7-9-17(23)10-8-14/h3-12,23H,1-2H3. The van der Waals surface area contributed by atoms with E-state index in [0.29, 0.717) is 17.1 Å². The zero-order valence-corrected chi connectivity index (χ0v) is 14.0. The number of nitrogens with zero attached hydrogens (tertiary/aromatic N) is 1. The SMILES string of the molecule is COc1cc(C=C(C#N)c2ccc(O)cc2)c(OC)c2ccccc12. The molecular formula is C21H17NO3. The number of benzene rings is 3. The number of methoxy groups -OCH3 is 2. The Kier molecular flexibility index (Phi) is 4.58. The lowest BCUT2D eigenvalue weighted by Crippen LogP contribution is -1.93. The number of aromatic hydroxyl groups is 1. The maximum Gasteiger partial charge on any atom is 0.134 e. The predicted octanol–water partition coefficient (Wildman–Crippen LogP) is 4.63. The van der Waals surface area contributed by atoms with Crippen LogP contribution in [0.1, 0.15) is 11.1 Å². The van der Waals surface area contributed by atoms with Gasteiger partial charge in [0.15, 0.2) is 0 Å². The normalized spacial score (nSPS) is 11.2. The van der Waals surface area contributed by atoms with Crippen molar-refractivity contribution in [2.45, 2.75) is 0 Å². The molecule has 0 aliphatic rings. The highest BCUT2D eigenvalue weighted by atomic mass is 16.5. The lowest BCUT2D eigenvalue weighted by molar-refractivity contribution is 0.410. The minimum atomic E-state index is 0.158. The quantitative estimate of drug-likeness (QED) is 0.559. The fourth-order valence-electron chi connectivity index (χ4n) is 2.82. The van der Waals surface area contributed by atoms with Gasteiger partial charge in [0.2, 0.25) is 0 Å². The number of hydrogen-bond acceptors (Lipinski definition) is 4. The molecule has 3 aromatic carbocycles. The first kappa shape index (κ1) is 16.4. The Hall–Kier alpha value is -3.45. The van der Waals surface area contributed by atoms with Gasteiger partial charge in [-0.2, -0.15) is 5.26 Å². The molecule has 0 heterocycles. The van der Waals surface area contributed by atoms with Gasteiger partial charge in [0.1, 0.15) is 17.2 Å². The molecule has 0 aliphatic carbocycles. The Labute approximate surface area is 146 Å². The van der Waals surface area contributed by atoms with E-state index in [9.17, 15) is 10.4 Å². The summed E-state index contributed by atoms with van der Waals surface area (Å²) in [5, 5.41) is 20.9. The second-order valence-electron chi connectivity index (χ2n) is 5.46. The van der Waals surface area contributed by atoms with Crippen molar-refractivity contribution in [2.24, 2.45) is 0 Å². The van der Waals surface area contributed by atoms with Gasteiger partial charge in [-0.25, -0.2) is 0 Å². The van der Waals surface area contributed by atoms with Crippen molar-refractivity contribution in [3.63, 3.8) is 0 Å². The summed E-state index contributed by atoms with van der Waals surface area (Å²) in [6, 6.07) is 18.4. The Morgan fingerprint density at radius 2 is 1.68 bits per heavy atom. The van der Waals surface area contributed by atoms with Crippen molar-refractivity contribution >= 4 is 22.4 Å². The van der Waals surface area contributed by atoms with Gasteiger partial charge < -0.3 is 14.6 Å². The lowest BCUT2D eigenvalue weighted by atomic mass is 9.99. The molecule has 4 nitrogen and oxygen atoms in total. The van der Waals surface area contributed by atoms with Crippen LogP contribution in [0.3, 0.4) is 0 Å². The summed E-state index contributed by atoms with van der Waals surface area (Å²) < 4.78 is 11.1. The Bertz CT molecular complexity index is 982. The first-order chi connectivity index (χ1) is 12.2. The average Bonchev–Trinajstić information content (AvgIpc) is 2.66. The van der Waals surface area contributed by atoms with Crippen LogP contribution in [-0.4, -0.2) is 19.3 Å². The summed E-state index contributed by atoms with van der Waals surface area (Å²) in [7, 11) is 3.23. The molecule has 0 radical (unpaired) electrons. The molecule has 3 rings (SSSR count). The van der Waals surface area contributed by atoms with Crippen molar-refractivity contribution < 1.29 is 14.6 Å². The number of rotatable bonds is 4. The van der Waals surface area contributed by atoms with Crippen LogP contribution in [0.25, 0.3) is 22.4 Å². The van der Waals surface area contributed by atoms with E-state index >= 15 is 0 Å². The number of nitriles is 1. The summed E-state index contributed by atoms with van der Waals surface area (Å²) in [6.07, 6.45) is 1.76. The monoisotopic (exact) mass is 331 g/mol. The van der Waals surface area contributed by atoms with Gasteiger partial charge in [0.25, 0.3) is 0 Å². The van der Waals surface area contributed by atoms with E-state index in [1.807, 2.05) is 30.3 Å². The van der Waals surface area contributed by atoms with Crippen LogP contribution in [0.5, 0.6) is 17.2 Å². The molecule has 0 saturated carbocycles. The van der Waals surface area contributed by atoms with Crippen LogP contribution < -0.4 is 9.47 Å². The highest BCUT2D eigenvalue weighted by molar-refractivity contribution is 6.00. The third kappa shape index (κ3) is 3.13. The molecule has 3 aromatic rings. The van der Waals surface area contributed by atoms with Crippen LogP contribution in [-0.2, 0) is 0 Å². The van der Waals surface area contributed by atoms with Gasteiger partial charge in [-0.3, -0.25) is 0 Å². The summed E-state index contributed by atoms with van der Waals surface area (Å²) in [4.78, 5) is 0. The number of ether oxygens (including phenoxy) is 2. The van der Waals surface area contributed by atoms with Gasteiger partial charge in [0, 0.05) is 16.3 Å². The summed E-state index contributed by atoms with van der Waals surface area (Å²) in [5.41, 5.74) is 1.94. The fourth-order valence-corrected chi connectivity index (χ4v) is 2.82. The van der Waals surface area contributed by atoms with Crippen molar-refractivity contribution in [3.8, 4) is 23.3 Å². The second kappa shape index (κ2) is 6.98. The van der Waals surface area contributed by atoms with Gasteiger partial charge in [0.05, 0.1) is 25.9 Å². The van der Waals surface area contributed by atoms with Gasteiger partial charge in [-0.1, -0.05) is 24.3 Å². The largest absolute Gasteiger partial charge is 0.508 e. The van der Waals surface area contributed by atoms with Crippen LogP contribution in [0.4, 0.5) is 0 Å². The molecule has 0 amide bonds. The molecule has 124 valence electrons. The number of phenolic OH excluding ortho intramolecular Hbond substituents is 1. The molecule has 1 N–H and O–H groups in total. The van der Waals surface area contributed by atoms with Crippen molar-refractivity contribution in [1.82, 2.24) is 0 Å². The van der Waals surface area contributed by atoms with Crippen molar-refractivity contribution in [2.75, 3.05) is 14.2 Å². The summed E-state index contributed by atoms with van der Waals surface area (Å²) >= 11 is 0. The third-order valence-electron chi connectivity index (χ3n) is 4.01. The molecule has 25 heavy (non-hydrogen) atoms. The smallest absolute Gasteiger partial charge is 0.134 e. The highest BCUT2D eigenvalue weighted by Crippen LogP contribution is 2.38. The van der Waals surface area contributed by atoms with E-state index in [1.54, 1.807) is 44.6 Å². The Morgan fingerprint density at radius 3 is 2.28 bits per heavy atom. The Morgan fingerprint density at radius 1 is 1.00 bits per heavy atom. The molecule has 4 heteroatoms. The summed E-state index contributed by atoms with van der Waals surface area (Å²) in [5.74, 6) is 1.56.